The largest absolute Gasteiger partial charge is 0.496 e. The third-order valence-corrected chi connectivity index (χ3v) is 5.37. The molecule has 0 bridgehead atoms. The molecule has 0 amide bonds. The zero-order valence-electron chi connectivity index (χ0n) is 13.2. The van der Waals surface area contributed by atoms with Gasteiger partial charge in [0.25, 0.3) is 0 Å². The van der Waals surface area contributed by atoms with E-state index in [4.69, 9.17) is 4.74 Å². The minimum atomic E-state index is -3.43. The molecule has 4 nitrogen and oxygen atoms in total. The summed E-state index contributed by atoms with van der Waals surface area (Å²) in [6, 6.07) is 5.07. The van der Waals surface area contributed by atoms with Crippen LogP contribution in [0.4, 0.5) is 0 Å². The van der Waals surface area contributed by atoms with Gasteiger partial charge in [-0.1, -0.05) is 34.6 Å². The Morgan fingerprint density at radius 3 is 2.10 bits per heavy atom. The van der Waals surface area contributed by atoms with E-state index in [2.05, 4.69) is 0 Å². The molecule has 0 radical (unpaired) electrons. The normalized spacial score (nSPS) is 12.8. The first kappa shape index (κ1) is 17.0. The van der Waals surface area contributed by atoms with Crippen LogP contribution >= 0.6 is 0 Å². The van der Waals surface area contributed by atoms with Crippen molar-refractivity contribution in [1.29, 1.82) is 0 Å². The van der Waals surface area contributed by atoms with Crippen molar-refractivity contribution < 1.29 is 13.2 Å². The van der Waals surface area contributed by atoms with Crippen LogP contribution in [0.15, 0.2) is 23.1 Å². The van der Waals surface area contributed by atoms with Gasteiger partial charge in [-0.15, -0.1) is 0 Å². The van der Waals surface area contributed by atoms with E-state index in [1.165, 1.54) is 4.31 Å². The maximum Gasteiger partial charge on any atom is 0.243 e. The van der Waals surface area contributed by atoms with Gasteiger partial charge in [-0.2, -0.15) is 4.31 Å². The molecular weight excluding hydrogens is 274 g/mol. The predicted molar refractivity (Wildman–Crippen MR) is 81.8 cm³/mol. The molecule has 0 aliphatic carbocycles. The van der Waals surface area contributed by atoms with Gasteiger partial charge in [0.1, 0.15) is 5.75 Å². The van der Waals surface area contributed by atoms with Crippen molar-refractivity contribution in [2.45, 2.75) is 44.9 Å². The van der Waals surface area contributed by atoms with Crippen LogP contribution in [0.5, 0.6) is 5.75 Å². The summed E-state index contributed by atoms with van der Waals surface area (Å²) in [4.78, 5) is 0.326. The van der Waals surface area contributed by atoms with Crippen molar-refractivity contribution >= 4 is 10.0 Å². The van der Waals surface area contributed by atoms with E-state index in [1.54, 1.807) is 25.3 Å². The summed E-state index contributed by atoms with van der Waals surface area (Å²) in [5.41, 5.74) is 0.716. The standard InChI is InChI=1S/C15H25NO3S/c1-7-16(8-2)20(17,18)12-9-10-14(19-6)13(11-12)15(3,4)5/h9-11H,7-8H2,1-6H3. The van der Waals surface area contributed by atoms with Crippen LogP contribution < -0.4 is 4.74 Å². The van der Waals surface area contributed by atoms with Crippen LogP contribution in [0.1, 0.15) is 40.2 Å². The average Bonchev–Trinajstić information content (AvgIpc) is 2.38. The Morgan fingerprint density at radius 2 is 1.70 bits per heavy atom. The molecule has 0 unspecified atom stereocenters. The second-order valence-electron chi connectivity index (χ2n) is 5.70. The fourth-order valence-electron chi connectivity index (χ4n) is 2.15. The summed E-state index contributed by atoms with van der Waals surface area (Å²) in [5, 5.41) is 0. The summed E-state index contributed by atoms with van der Waals surface area (Å²) < 4.78 is 31.9. The van der Waals surface area contributed by atoms with Gasteiger partial charge < -0.3 is 4.74 Å². The molecule has 0 aromatic heterocycles. The molecule has 0 saturated carbocycles. The van der Waals surface area contributed by atoms with Crippen LogP contribution in [0.25, 0.3) is 0 Å². The van der Waals surface area contributed by atoms with Crippen molar-refractivity contribution in [3.8, 4) is 5.75 Å². The van der Waals surface area contributed by atoms with Gasteiger partial charge in [0.05, 0.1) is 12.0 Å². The molecule has 0 aliphatic heterocycles. The number of hydrogen-bond donors (Lipinski definition) is 0. The lowest BCUT2D eigenvalue weighted by molar-refractivity contribution is 0.396. The topological polar surface area (TPSA) is 46.6 Å². The maximum absolute atomic E-state index is 12.6. The number of hydrogen-bond acceptors (Lipinski definition) is 3. The highest BCUT2D eigenvalue weighted by Crippen LogP contribution is 2.33. The van der Waals surface area contributed by atoms with Gasteiger partial charge >= 0.3 is 0 Å². The number of nitrogens with zero attached hydrogens (tertiary/aromatic N) is 1. The number of methoxy groups -OCH3 is 1. The Hall–Kier alpha value is -1.07. The number of ether oxygens (including phenoxy) is 1. The Morgan fingerprint density at radius 1 is 1.15 bits per heavy atom. The summed E-state index contributed by atoms with van der Waals surface area (Å²) in [5.74, 6) is 0.719. The third kappa shape index (κ3) is 3.33. The van der Waals surface area contributed by atoms with Crippen LogP contribution in [-0.2, 0) is 15.4 Å². The SMILES string of the molecule is CCN(CC)S(=O)(=O)c1ccc(OC)c(C(C)(C)C)c1. The monoisotopic (exact) mass is 299 g/mol. The third-order valence-electron chi connectivity index (χ3n) is 3.32. The van der Waals surface area contributed by atoms with Crippen molar-refractivity contribution in [3.63, 3.8) is 0 Å². The molecule has 5 heteroatoms. The molecule has 0 saturated heterocycles. The molecule has 0 spiro atoms. The van der Waals surface area contributed by atoms with E-state index < -0.39 is 10.0 Å². The molecule has 0 N–H and O–H groups in total. The van der Waals surface area contributed by atoms with Gasteiger partial charge in [-0.25, -0.2) is 8.42 Å². The summed E-state index contributed by atoms with van der Waals surface area (Å²) >= 11 is 0. The van der Waals surface area contributed by atoms with E-state index in [9.17, 15) is 8.42 Å². The van der Waals surface area contributed by atoms with Gasteiger partial charge in [0.15, 0.2) is 0 Å². The molecule has 20 heavy (non-hydrogen) atoms. The zero-order chi connectivity index (χ0) is 15.6. The highest BCUT2D eigenvalue weighted by atomic mass is 32.2. The molecule has 0 atom stereocenters. The lowest BCUT2D eigenvalue weighted by Crippen LogP contribution is -2.30. The summed E-state index contributed by atoms with van der Waals surface area (Å²) in [6.07, 6.45) is 0. The molecule has 1 aromatic rings. The molecular formula is C15H25NO3S. The summed E-state index contributed by atoms with van der Waals surface area (Å²) in [7, 11) is -1.83. The van der Waals surface area contributed by atoms with E-state index in [1.807, 2.05) is 34.6 Å². The fourth-order valence-corrected chi connectivity index (χ4v) is 3.63. The second-order valence-corrected chi connectivity index (χ2v) is 7.64. The molecule has 1 rings (SSSR count). The smallest absolute Gasteiger partial charge is 0.243 e. The van der Waals surface area contributed by atoms with Crippen LogP contribution in [0.3, 0.4) is 0 Å². The van der Waals surface area contributed by atoms with E-state index in [-0.39, 0.29) is 5.41 Å². The Balaban J connectivity index is 3.42. The molecule has 0 aliphatic rings. The van der Waals surface area contributed by atoms with Crippen LogP contribution in [0.2, 0.25) is 0 Å². The van der Waals surface area contributed by atoms with Crippen molar-refractivity contribution in [3.05, 3.63) is 23.8 Å². The van der Waals surface area contributed by atoms with E-state index >= 15 is 0 Å². The van der Waals surface area contributed by atoms with Gasteiger partial charge in [0.2, 0.25) is 10.0 Å². The molecule has 0 fully saturated rings. The van der Waals surface area contributed by atoms with Gasteiger partial charge in [0, 0.05) is 18.7 Å². The van der Waals surface area contributed by atoms with Gasteiger partial charge in [-0.3, -0.25) is 0 Å². The molecule has 1 aromatic carbocycles. The van der Waals surface area contributed by atoms with E-state index in [0.29, 0.717) is 18.0 Å². The van der Waals surface area contributed by atoms with E-state index in [0.717, 1.165) is 11.3 Å². The molecule has 0 heterocycles. The highest BCUT2D eigenvalue weighted by Gasteiger charge is 2.26. The first-order valence-electron chi connectivity index (χ1n) is 6.87. The minimum Gasteiger partial charge on any atom is -0.496 e. The van der Waals surface area contributed by atoms with Crippen molar-refractivity contribution in [2.75, 3.05) is 20.2 Å². The van der Waals surface area contributed by atoms with Crippen LogP contribution in [0, 0.1) is 0 Å². The highest BCUT2D eigenvalue weighted by molar-refractivity contribution is 7.89. The van der Waals surface area contributed by atoms with Crippen molar-refractivity contribution in [2.24, 2.45) is 0 Å². The summed E-state index contributed by atoms with van der Waals surface area (Å²) in [6.45, 7) is 10.7. The average molecular weight is 299 g/mol. The van der Waals surface area contributed by atoms with Gasteiger partial charge in [-0.05, 0) is 23.6 Å². The fraction of sp³-hybridized carbons (Fsp3) is 0.600. The zero-order valence-corrected chi connectivity index (χ0v) is 14.0. The predicted octanol–water partition coefficient (Wildman–Crippen LogP) is 3.02. The number of benzene rings is 1. The Labute approximate surface area is 122 Å². The first-order chi connectivity index (χ1) is 9.18. The lowest BCUT2D eigenvalue weighted by atomic mass is 9.86. The molecule has 114 valence electrons. The second kappa shape index (κ2) is 6.14. The first-order valence-corrected chi connectivity index (χ1v) is 8.31. The maximum atomic E-state index is 12.6. The quantitative estimate of drug-likeness (QED) is 0.839. The minimum absolute atomic E-state index is 0.180. The van der Waals surface area contributed by atoms with Crippen LogP contribution in [-0.4, -0.2) is 32.9 Å². The lowest BCUT2D eigenvalue weighted by Gasteiger charge is -2.24. The van der Waals surface area contributed by atoms with Crippen molar-refractivity contribution in [1.82, 2.24) is 4.31 Å². The number of rotatable bonds is 5. The Kier molecular flexibility index (Phi) is 5.21. The number of sulfonamides is 1. The Bertz CT molecular complexity index is 555.